The molecule has 1 unspecified atom stereocenters. The Kier molecular flexibility index (Phi) is 2.57. The Hall–Kier alpha value is -2.61. The van der Waals surface area contributed by atoms with Gasteiger partial charge in [0, 0.05) is 12.1 Å². The van der Waals surface area contributed by atoms with E-state index in [9.17, 15) is 4.79 Å². The second-order valence-corrected chi connectivity index (χ2v) is 4.49. The van der Waals surface area contributed by atoms with Gasteiger partial charge in [-0.05, 0) is 31.2 Å². The zero-order valence-electron chi connectivity index (χ0n) is 10.3. The van der Waals surface area contributed by atoms with E-state index in [0.29, 0.717) is 17.7 Å². The fourth-order valence-electron chi connectivity index (χ4n) is 2.20. The van der Waals surface area contributed by atoms with E-state index in [1.807, 2.05) is 6.92 Å². The lowest BCUT2D eigenvalue weighted by Crippen LogP contribution is -2.26. The predicted octanol–water partition coefficient (Wildman–Crippen LogP) is 1.85. The first-order valence-corrected chi connectivity index (χ1v) is 5.97. The number of fused-ring (bicyclic) bond motifs is 1. The molecule has 94 valence electrons. The number of imidazole rings is 1. The minimum atomic E-state index is -0.351. The molecule has 1 atom stereocenters. The number of carbonyl (C=O) groups excluding carboxylic acids is 1. The Morgan fingerprint density at radius 2 is 2.16 bits per heavy atom. The Balaban J connectivity index is 2.07. The van der Waals surface area contributed by atoms with Crippen molar-refractivity contribution in [3.63, 3.8) is 0 Å². The number of aromatic nitrogens is 2. The molecule has 0 saturated heterocycles. The van der Waals surface area contributed by atoms with Gasteiger partial charge >= 0.3 is 5.97 Å². The van der Waals surface area contributed by atoms with Crippen LogP contribution in [0.1, 0.15) is 28.7 Å². The van der Waals surface area contributed by atoms with Crippen molar-refractivity contribution in [2.75, 3.05) is 0 Å². The lowest BCUT2D eigenvalue weighted by molar-refractivity contribution is 0.0288. The van der Waals surface area contributed by atoms with Crippen LogP contribution in [-0.4, -0.2) is 21.6 Å². The molecule has 0 fully saturated rings. The molecule has 2 heterocycles. The highest BCUT2D eigenvalue weighted by atomic mass is 16.5. The summed E-state index contributed by atoms with van der Waals surface area (Å²) in [7, 11) is 0. The third-order valence-electron chi connectivity index (χ3n) is 3.10. The quantitative estimate of drug-likeness (QED) is 0.727. The van der Waals surface area contributed by atoms with E-state index in [-0.39, 0.29) is 12.1 Å². The van der Waals surface area contributed by atoms with Gasteiger partial charge in [-0.3, -0.25) is 4.57 Å². The highest BCUT2D eigenvalue weighted by Gasteiger charge is 2.28. The molecule has 1 aliphatic heterocycles. The van der Waals surface area contributed by atoms with E-state index in [4.69, 9.17) is 10.00 Å². The highest BCUT2D eigenvalue weighted by Crippen LogP contribution is 2.22. The largest absolute Gasteiger partial charge is 0.458 e. The van der Waals surface area contributed by atoms with Crippen molar-refractivity contribution in [1.82, 2.24) is 9.55 Å². The zero-order chi connectivity index (χ0) is 13.4. The number of rotatable bonds is 1. The first kappa shape index (κ1) is 11.5. The molecule has 0 radical (unpaired) electrons. The number of nitrogens with zero attached hydrogens (tertiary/aromatic N) is 3. The number of hydrogen-bond acceptors (Lipinski definition) is 4. The normalized spacial score (nSPS) is 17.5. The summed E-state index contributed by atoms with van der Waals surface area (Å²) in [6, 6.07) is 9.04. The van der Waals surface area contributed by atoms with E-state index in [2.05, 4.69) is 11.1 Å². The third-order valence-corrected chi connectivity index (χ3v) is 3.10. The molecule has 0 N–H and O–H groups in total. The number of nitriles is 1. The molecule has 0 bridgehead atoms. The third kappa shape index (κ3) is 1.87. The maximum atomic E-state index is 11.9. The van der Waals surface area contributed by atoms with Crippen LogP contribution in [0.3, 0.4) is 0 Å². The maximum Gasteiger partial charge on any atom is 0.357 e. The van der Waals surface area contributed by atoms with Crippen LogP contribution >= 0.6 is 0 Å². The summed E-state index contributed by atoms with van der Waals surface area (Å²) in [5.41, 5.74) is 2.60. The summed E-state index contributed by atoms with van der Waals surface area (Å²) < 4.78 is 6.93. The van der Waals surface area contributed by atoms with Gasteiger partial charge in [0.1, 0.15) is 12.4 Å². The number of cyclic esters (lactones) is 1. The van der Waals surface area contributed by atoms with Crippen LogP contribution in [-0.2, 0) is 11.2 Å². The minimum Gasteiger partial charge on any atom is -0.458 e. The van der Waals surface area contributed by atoms with Crippen molar-refractivity contribution in [1.29, 1.82) is 5.26 Å². The zero-order valence-corrected chi connectivity index (χ0v) is 10.3. The minimum absolute atomic E-state index is 0.135. The first-order valence-electron chi connectivity index (χ1n) is 5.97. The van der Waals surface area contributed by atoms with E-state index in [0.717, 1.165) is 11.4 Å². The van der Waals surface area contributed by atoms with Gasteiger partial charge in [0.2, 0.25) is 0 Å². The summed E-state index contributed by atoms with van der Waals surface area (Å²) in [5.74, 6) is -0.351. The summed E-state index contributed by atoms with van der Waals surface area (Å²) in [6.45, 7) is 1.85. The molecule has 1 aliphatic rings. The second kappa shape index (κ2) is 4.25. The van der Waals surface area contributed by atoms with E-state index < -0.39 is 0 Å². The van der Waals surface area contributed by atoms with Gasteiger partial charge in [0.15, 0.2) is 5.69 Å². The topological polar surface area (TPSA) is 67.9 Å². The molecule has 1 aromatic heterocycles. The summed E-state index contributed by atoms with van der Waals surface area (Å²) in [6.07, 6.45) is 2.11. The summed E-state index contributed by atoms with van der Waals surface area (Å²) >= 11 is 0. The van der Waals surface area contributed by atoms with Crippen molar-refractivity contribution in [2.45, 2.75) is 19.4 Å². The second-order valence-electron chi connectivity index (χ2n) is 4.49. The average Bonchev–Trinajstić information content (AvgIpc) is 2.83. The highest BCUT2D eigenvalue weighted by molar-refractivity contribution is 5.90. The van der Waals surface area contributed by atoms with Gasteiger partial charge in [-0.15, -0.1) is 0 Å². The number of carbonyl (C=O) groups is 1. The van der Waals surface area contributed by atoms with Gasteiger partial charge in [0.05, 0.1) is 17.3 Å². The standard InChI is InChI=1S/C14H11N3O2/c1-9-6-12-13(14(18)19-9)17(8-16-12)11-4-2-10(7-15)3-5-11/h2-5,8-9H,6H2,1H3. The fourth-order valence-corrected chi connectivity index (χ4v) is 2.20. The van der Waals surface area contributed by atoms with Crippen LogP contribution in [0.2, 0.25) is 0 Å². The predicted molar refractivity (Wildman–Crippen MR) is 66.9 cm³/mol. The smallest absolute Gasteiger partial charge is 0.357 e. The molecular weight excluding hydrogens is 242 g/mol. The molecule has 0 saturated carbocycles. The van der Waals surface area contributed by atoms with Crippen LogP contribution in [0.25, 0.3) is 5.69 Å². The molecule has 5 nitrogen and oxygen atoms in total. The molecule has 0 spiro atoms. The molecular formula is C14H11N3O2. The molecule has 0 amide bonds. The number of hydrogen-bond donors (Lipinski definition) is 0. The van der Waals surface area contributed by atoms with Crippen LogP contribution < -0.4 is 0 Å². The van der Waals surface area contributed by atoms with E-state index >= 15 is 0 Å². The van der Waals surface area contributed by atoms with Gasteiger partial charge in [0.25, 0.3) is 0 Å². The molecule has 5 heteroatoms. The molecule has 3 rings (SSSR count). The van der Waals surface area contributed by atoms with E-state index in [1.165, 1.54) is 0 Å². The van der Waals surface area contributed by atoms with Gasteiger partial charge in [-0.25, -0.2) is 9.78 Å². The van der Waals surface area contributed by atoms with Crippen molar-refractivity contribution in [3.8, 4) is 11.8 Å². The van der Waals surface area contributed by atoms with Crippen molar-refractivity contribution in [3.05, 3.63) is 47.5 Å². The van der Waals surface area contributed by atoms with Gasteiger partial charge in [-0.1, -0.05) is 0 Å². The van der Waals surface area contributed by atoms with Gasteiger partial charge in [-0.2, -0.15) is 5.26 Å². The molecule has 0 aliphatic carbocycles. The molecule has 2 aromatic rings. The fraction of sp³-hybridized carbons (Fsp3) is 0.214. The molecule has 19 heavy (non-hydrogen) atoms. The maximum absolute atomic E-state index is 11.9. The summed E-state index contributed by atoms with van der Waals surface area (Å²) in [4.78, 5) is 16.2. The summed E-state index contributed by atoms with van der Waals surface area (Å²) in [5, 5.41) is 8.78. The Morgan fingerprint density at radius 1 is 1.42 bits per heavy atom. The monoisotopic (exact) mass is 253 g/mol. The van der Waals surface area contributed by atoms with Crippen LogP contribution in [0.4, 0.5) is 0 Å². The van der Waals surface area contributed by atoms with E-state index in [1.54, 1.807) is 35.2 Å². The average molecular weight is 253 g/mol. The van der Waals surface area contributed by atoms with Crippen molar-refractivity contribution < 1.29 is 9.53 Å². The van der Waals surface area contributed by atoms with Crippen molar-refractivity contribution >= 4 is 5.97 Å². The SMILES string of the molecule is CC1Cc2ncn(-c3ccc(C#N)cc3)c2C(=O)O1. The Bertz CT molecular complexity index is 680. The van der Waals surface area contributed by atoms with Crippen LogP contribution in [0.15, 0.2) is 30.6 Å². The Labute approximate surface area is 110 Å². The van der Waals surface area contributed by atoms with Crippen LogP contribution in [0.5, 0.6) is 0 Å². The van der Waals surface area contributed by atoms with Gasteiger partial charge < -0.3 is 4.74 Å². The molecule has 1 aromatic carbocycles. The van der Waals surface area contributed by atoms with Crippen LogP contribution in [0, 0.1) is 11.3 Å². The first-order chi connectivity index (χ1) is 9.19. The lowest BCUT2D eigenvalue weighted by Gasteiger charge is -2.19. The number of esters is 1. The Morgan fingerprint density at radius 3 is 2.84 bits per heavy atom. The number of ether oxygens (including phenoxy) is 1. The number of benzene rings is 1. The van der Waals surface area contributed by atoms with Crippen molar-refractivity contribution in [2.24, 2.45) is 0 Å². The lowest BCUT2D eigenvalue weighted by atomic mass is 10.1.